The van der Waals surface area contributed by atoms with Crippen molar-refractivity contribution in [3.8, 4) is 16.9 Å². The highest BCUT2D eigenvalue weighted by atomic mass is 35.5. The van der Waals surface area contributed by atoms with Crippen molar-refractivity contribution in [3.63, 3.8) is 0 Å². The molecule has 4 aromatic rings. The Balaban J connectivity index is 1.09. The largest absolute Gasteiger partial charge is 0.478 e. The van der Waals surface area contributed by atoms with E-state index in [4.69, 9.17) is 32.5 Å². The van der Waals surface area contributed by atoms with Crippen molar-refractivity contribution in [2.75, 3.05) is 0 Å². The number of halogens is 2. The lowest BCUT2D eigenvalue weighted by Crippen LogP contribution is -2.49. The fourth-order valence-electron chi connectivity index (χ4n) is 6.44. The molecule has 0 unspecified atom stereocenters. The van der Waals surface area contributed by atoms with Crippen LogP contribution in [0.25, 0.3) is 16.9 Å². The lowest BCUT2D eigenvalue weighted by atomic mass is 9.57. The maximum atomic E-state index is 11.4. The van der Waals surface area contributed by atoms with Gasteiger partial charge in [0.05, 0.1) is 45.4 Å². The van der Waals surface area contributed by atoms with Gasteiger partial charge in [0.15, 0.2) is 0 Å². The summed E-state index contributed by atoms with van der Waals surface area (Å²) in [6.45, 7) is 0.412. The second-order valence-corrected chi connectivity index (χ2v) is 12.2. The van der Waals surface area contributed by atoms with Crippen LogP contribution in [0.5, 0.6) is 0 Å². The van der Waals surface area contributed by atoms with E-state index in [1.807, 2.05) is 30.5 Å². The first kappa shape index (κ1) is 25.7. The first-order valence-corrected chi connectivity index (χ1v) is 14.5. The summed E-state index contributed by atoms with van der Waals surface area (Å²) in [6, 6.07) is 12.2. The second-order valence-electron chi connectivity index (χ2n) is 11.4. The van der Waals surface area contributed by atoms with Crippen LogP contribution in [-0.4, -0.2) is 36.8 Å². The Morgan fingerprint density at radius 3 is 2.42 bits per heavy atom. The Morgan fingerprint density at radius 2 is 1.75 bits per heavy atom. The van der Waals surface area contributed by atoms with E-state index in [-0.39, 0.29) is 16.6 Å². The molecule has 40 heavy (non-hydrogen) atoms. The molecular formula is C30H28Cl2N4O4. The average Bonchev–Trinajstić information content (AvgIpc) is 3.53. The monoisotopic (exact) mass is 578 g/mol. The molecule has 2 heterocycles. The van der Waals surface area contributed by atoms with Gasteiger partial charge in [0.2, 0.25) is 0 Å². The summed E-state index contributed by atoms with van der Waals surface area (Å²) in [5.74, 6) is 0.309. The summed E-state index contributed by atoms with van der Waals surface area (Å²) < 4.78 is 14.3. The minimum Gasteiger partial charge on any atom is -0.478 e. The summed E-state index contributed by atoms with van der Waals surface area (Å²) in [4.78, 5) is 11.4. The number of benzene rings is 2. The summed E-state index contributed by atoms with van der Waals surface area (Å²) in [7, 11) is 0. The van der Waals surface area contributed by atoms with E-state index in [0.717, 1.165) is 68.4 Å². The molecule has 206 valence electrons. The number of rotatable bonds is 8. The number of ether oxygens (including phenoxy) is 1. The minimum atomic E-state index is -0.964. The maximum absolute atomic E-state index is 11.4. The Hall–Kier alpha value is -3.20. The predicted octanol–water partition coefficient (Wildman–Crippen LogP) is 7.37. The molecule has 1 N–H and O–H groups in total. The number of carboxylic acid groups (broad SMARTS) is 1. The van der Waals surface area contributed by atoms with E-state index < -0.39 is 5.97 Å². The highest BCUT2D eigenvalue weighted by molar-refractivity contribution is 6.39. The summed E-state index contributed by atoms with van der Waals surface area (Å²) >= 11 is 13.1. The van der Waals surface area contributed by atoms with Crippen LogP contribution < -0.4 is 0 Å². The Morgan fingerprint density at radius 1 is 1.05 bits per heavy atom. The molecule has 0 atom stereocenters. The third-order valence-corrected chi connectivity index (χ3v) is 9.69. The standard InChI is InChI=1S/C30H28Cl2N4O4/c31-22-5-2-6-23(32)25(22)26-21(27(40-34-26)18-7-8-18)17-39-30-12-9-29(10-13-30,11-14-30)24-16-36(35-33-24)20-4-1-3-19(15-20)28(37)38/h1-6,15-16,18H,7-14,17H2,(H,37,38). The van der Waals surface area contributed by atoms with E-state index in [0.29, 0.717) is 39.5 Å². The van der Waals surface area contributed by atoms with Gasteiger partial charge >= 0.3 is 5.97 Å². The maximum Gasteiger partial charge on any atom is 0.335 e. The van der Waals surface area contributed by atoms with Crippen molar-refractivity contribution in [1.29, 1.82) is 0 Å². The number of hydrogen-bond acceptors (Lipinski definition) is 6. The second kappa shape index (κ2) is 9.72. The Labute approximate surface area is 241 Å². The van der Waals surface area contributed by atoms with Crippen LogP contribution in [-0.2, 0) is 16.8 Å². The van der Waals surface area contributed by atoms with Gasteiger partial charge in [-0.3, -0.25) is 0 Å². The highest BCUT2D eigenvalue weighted by Gasteiger charge is 2.51. The van der Waals surface area contributed by atoms with Crippen LogP contribution >= 0.6 is 23.2 Å². The van der Waals surface area contributed by atoms with Crippen LogP contribution in [0.3, 0.4) is 0 Å². The number of carbonyl (C=O) groups is 1. The SMILES string of the molecule is O=C(O)c1cccc(-n2cc(C34CCC(OCc5c(-c6c(Cl)cccc6Cl)noc5C5CC5)(CC3)CC4)nn2)c1. The molecular weight excluding hydrogens is 551 g/mol. The molecule has 10 heteroatoms. The molecule has 4 saturated carbocycles. The first-order chi connectivity index (χ1) is 19.4. The van der Waals surface area contributed by atoms with Gasteiger partial charge in [0.25, 0.3) is 0 Å². The first-order valence-electron chi connectivity index (χ1n) is 13.7. The van der Waals surface area contributed by atoms with E-state index >= 15 is 0 Å². The molecule has 2 aromatic carbocycles. The van der Waals surface area contributed by atoms with Gasteiger partial charge in [-0.1, -0.05) is 45.7 Å². The van der Waals surface area contributed by atoms with Gasteiger partial charge in [-0.25, -0.2) is 9.48 Å². The fraction of sp³-hybridized carbons (Fsp3) is 0.400. The van der Waals surface area contributed by atoms with Crippen LogP contribution in [0.2, 0.25) is 10.0 Å². The number of carboxylic acids is 1. The quantitative estimate of drug-likeness (QED) is 0.233. The molecule has 2 aromatic heterocycles. The van der Waals surface area contributed by atoms with E-state index in [2.05, 4.69) is 15.5 Å². The zero-order valence-corrected chi connectivity index (χ0v) is 23.3. The van der Waals surface area contributed by atoms with Crippen molar-refractivity contribution in [3.05, 3.63) is 81.3 Å². The van der Waals surface area contributed by atoms with Crippen molar-refractivity contribution in [2.45, 2.75) is 74.9 Å². The number of aromatic nitrogens is 4. The van der Waals surface area contributed by atoms with Gasteiger partial charge in [0.1, 0.15) is 11.5 Å². The molecule has 4 fully saturated rings. The van der Waals surface area contributed by atoms with E-state index in [1.165, 1.54) is 0 Å². The molecule has 2 bridgehead atoms. The topological polar surface area (TPSA) is 103 Å². The molecule has 0 amide bonds. The molecule has 8 nitrogen and oxygen atoms in total. The average molecular weight is 579 g/mol. The molecule has 0 radical (unpaired) electrons. The smallest absolute Gasteiger partial charge is 0.335 e. The highest BCUT2D eigenvalue weighted by Crippen LogP contribution is 2.55. The Bertz CT molecular complexity index is 1560. The lowest BCUT2D eigenvalue weighted by Gasteiger charge is -2.52. The van der Waals surface area contributed by atoms with E-state index in [1.54, 1.807) is 22.9 Å². The minimum absolute atomic E-state index is 0.0413. The molecule has 4 aliphatic rings. The Kier molecular flexibility index (Phi) is 6.25. The van der Waals surface area contributed by atoms with Crippen LogP contribution in [0.4, 0.5) is 0 Å². The zero-order valence-electron chi connectivity index (χ0n) is 21.8. The zero-order chi connectivity index (χ0) is 27.5. The van der Waals surface area contributed by atoms with Crippen molar-refractivity contribution < 1.29 is 19.2 Å². The molecule has 0 aliphatic heterocycles. The summed E-state index contributed by atoms with van der Waals surface area (Å²) in [5, 5.41) is 23.7. The predicted molar refractivity (Wildman–Crippen MR) is 149 cm³/mol. The van der Waals surface area contributed by atoms with Gasteiger partial charge < -0.3 is 14.4 Å². The molecule has 4 aliphatic carbocycles. The number of nitrogens with zero attached hydrogens (tertiary/aromatic N) is 4. The van der Waals surface area contributed by atoms with Gasteiger partial charge in [-0.2, -0.15) is 0 Å². The van der Waals surface area contributed by atoms with Crippen LogP contribution in [0, 0.1) is 0 Å². The lowest BCUT2D eigenvalue weighted by molar-refractivity contribution is -0.127. The summed E-state index contributed by atoms with van der Waals surface area (Å²) in [5.41, 5.74) is 3.97. The van der Waals surface area contributed by atoms with Gasteiger partial charge in [0, 0.05) is 22.5 Å². The van der Waals surface area contributed by atoms with Crippen molar-refractivity contribution in [1.82, 2.24) is 20.2 Å². The van der Waals surface area contributed by atoms with E-state index in [9.17, 15) is 9.90 Å². The number of fused-ring (bicyclic) bond motifs is 3. The van der Waals surface area contributed by atoms with Gasteiger partial charge in [-0.05, 0) is 81.7 Å². The number of hydrogen-bond donors (Lipinski definition) is 1. The third-order valence-electron chi connectivity index (χ3n) is 9.06. The molecule has 0 spiro atoms. The normalized spacial score (nSPS) is 23.9. The summed E-state index contributed by atoms with van der Waals surface area (Å²) in [6.07, 6.45) is 9.82. The third kappa shape index (κ3) is 4.42. The van der Waals surface area contributed by atoms with Crippen LogP contribution in [0.1, 0.15) is 84.7 Å². The van der Waals surface area contributed by atoms with Crippen molar-refractivity contribution in [2.24, 2.45) is 0 Å². The number of aromatic carboxylic acids is 1. The van der Waals surface area contributed by atoms with Crippen molar-refractivity contribution >= 4 is 29.2 Å². The molecule has 8 rings (SSSR count). The van der Waals surface area contributed by atoms with Gasteiger partial charge in [-0.15, -0.1) is 5.10 Å². The molecule has 0 saturated heterocycles. The van der Waals surface area contributed by atoms with Crippen LogP contribution in [0.15, 0.2) is 53.2 Å². The fourth-order valence-corrected chi connectivity index (χ4v) is 7.02.